The van der Waals surface area contributed by atoms with Crippen molar-refractivity contribution in [1.29, 1.82) is 0 Å². The van der Waals surface area contributed by atoms with E-state index in [-0.39, 0.29) is 16.5 Å². The van der Waals surface area contributed by atoms with E-state index in [1.54, 1.807) is 24.3 Å². The molecule has 0 saturated heterocycles. The fourth-order valence-corrected chi connectivity index (χ4v) is 2.74. The van der Waals surface area contributed by atoms with Crippen LogP contribution in [-0.2, 0) is 0 Å². The van der Waals surface area contributed by atoms with Crippen LogP contribution in [0.3, 0.4) is 0 Å². The van der Waals surface area contributed by atoms with Crippen molar-refractivity contribution in [3.8, 4) is 5.75 Å². The maximum Gasteiger partial charge on any atom is 0.137 e. The molecule has 0 saturated carbocycles. The number of hydrogen-bond donors (Lipinski definition) is 0. The molecule has 2 aromatic rings. The minimum atomic E-state index is -0.373. The molecule has 19 heavy (non-hydrogen) atoms. The minimum Gasteiger partial charge on any atom is -0.497 e. The molecule has 0 heterocycles. The third kappa shape index (κ3) is 3.15. The average molecular weight is 392 g/mol. The van der Waals surface area contributed by atoms with Gasteiger partial charge in [-0.2, -0.15) is 0 Å². The second-order valence-electron chi connectivity index (χ2n) is 3.92. The molecule has 0 spiro atoms. The molecule has 0 amide bonds. The molecule has 2 rings (SSSR count). The fraction of sp³-hybridized carbons (Fsp3) is 0.143. The Morgan fingerprint density at radius 2 is 1.79 bits per heavy atom. The van der Waals surface area contributed by atoms with Crippen LogP contribution in [0.4, 0.5) is 8.78 Å². The van der Waals surface area contributed by atoms with Crippen LogP contribution in [0.5, 0.6) is 5.75 Å². The van der Waals surface area contributed by atoms with E-state index in [4.69, 9.17) is 4.74 Å². The Balaban J connectivity index is 2.38. The predicted octanol–water partition coefficient (Wildman–Crippen LogP) is 5.22. The number of benzene rings is 2. The Hall–Kier alpha value is -0.940. The predicted molar refractivity (Wildman–Crippen MR) is 77.8 cm³/mol. The lowest BCUT2D eigenvalue weighted by molar-refractivity contribution is 0.411. The van der Waals surface area contributed by atoms with E-state index in [9.17, 15) is 8.78 Å². The Kier molecular flexibility index (Phi) is 4.58. The van der Waals surface area contributed by atoms with Crippen molar-refractivity contribution in [2.45, 2.75) is 4.83 Å². The van der Waals surface area contributed by atoms with Gasteiger partial charge in [-0.25, -0.2) is 8.78 Å². The second kappa shape index (κ2) is 6.01. The van der Waals surface area contributed by atoms with Gasteiger partial charge in [-0.15, -0.1) is 0 Å². The lowest BCUT2D eigenvalue weighted by Crippen LogP contribution is -1.98. The van der Waals surface area contributed by atoms with Gasteiger partial charge in [0.15, 0.2) is 0 Å². The molecule has 0 aliphatic rings. The summed E-state index contributed by atoms with van der Waals surface area (Å²) in [5.41, 5.74) is 1.23. The average Bonchev–Trinajstić information content (AvgIpc) is 2.41. The molecule has 5 heteroatoms. The lowest BCUT2D eigenvalue weighted by atomic mass is 10.0. The number of rotatable bonds is 3. The topological polar surface area (TPSA) is 9.23 Å². The molecule has 0 fully saturated rings. The largest absolute Gasteiger partial charge is 0.497 e. The molecule has 0 aliphatic carbocycles. The summed E-state index contributed by atoms with van der Waals surface area (Å²) in [4.78, 5) is -0.352. The zero-order chi connectivity index (χ0) is 14.0. The van der Waals surface area contributed by atoms with Gasteiger partial charge in [0.25, 0.3) is 0 Å². The Bertz CT molecular complexity index is 602. The van der Waals surface area contributed by atoms with Crippen LogP contribution in [0.2, 0.25) is 0 Å². The first-order chi connectivity index (χ1) is 9.02. The number of methoxy groups -OCH3 is 1. The first-order valence-electron chi connectivity index (χ1n) is 5.45. The Morgan fingerprint density at radius 3 is 2.37 bits per heavy atom. The van der Waals surface area contributed by atoms with Crippen LogP contribution < -0.4 is 4.74 Å². The summed E-state index contributed by atoms with van der Waals surface area (Å²) in [5.74, 6) is -0.262. The lowest BCUT2D eigenvalue weighted by Gasteiger charge is -2.13. The number of hydrogen-bond acceptors (Lipinski definition) is 1. The molecular formula is C14H10Br2F2O. The third-order valence-electron chi connectivity index (χ3n) is 2.72. The Morgan fingerprint density at radius 1 is 1.05 bits per heavy atom. The highest BCUT2D eigenvalue weighted by Gasteiger charge is 2.16. The van der Waals surface area contributed by atoms with Crippen molar-refractivity contribution >= 4 is 31.9 Å². The van der Waals surface area contributed by atoms with Crippen LogP contribution in [0, 0.1) is 11.6 Å². The van der Waals surface area contributed by atoms with E-state index in [2.05, 4.69) is 31.9 Å². The quantitative estimate of drug-likeness (QED) is 0.651. The molecule has 1 atom stereocenters. The van der Waals surface area contributed by atoms with Crippen LogP contribution in [-0.4, -0.2) is 7.11 Å². The van der Waals surface area contributed by atoms with Crippen LogP contribution in [0.1, 0.15) is 16.0 Å². The van der Waals surface area contributed by atoms with Crippen molar-refractivity contribution in [3.05, 3.63) is 63.6 Å². The summed E-state index contributed by atoms with van der Waals surface area (Å²) >= 11 is 6.54. The van der Waals surface area contributed by atoms with Gasteiger partial charge < -0.3 is 4.74 Å². The molecule has 0 aromatic heterocycles. The molecule has 1 unspecified atom stereocenters. The third-order valence-corrected chi connectivity index (χ3v) is 4.35. The van der Waals surface area contributed by atoms with Gasteiger partial charge in [0.1, 0.15) is 17.4 Å². The molecule has 2 aromatic carbocycles. The van der Waals surface area contributed by atoms with Gasteiger partial charge in [0.2, 0.25) is 0 Å². The summed E-state index contributed by atoms with van der Waals surface area (Å²) < 4.78 is 32.5. The second-order valence-corrected chi connectivity index (χ2v) is 5.69. The van der Waals surface area contributed by atoms with E-state index in [1.165, 1.54) is 19.2 Å². The summed E-state index contributed by atoms with van der Waals surface area (Å²) in [6, 6.07) is 9.23. The van der Waals surface area contributed by atoms with Crippen molar-refractivity contribution < 1.29 is 13.5 Å². The van der Waals surface area contributed by atoms with E-state index >= 15 is 0 Å². The van der Waals surface area contributed by atoms with Crippen molar-refractivity contribution in [2.75, 3.05) is 7.11 Å². The normalized spacial score (nSPS) is 12.3. The van der Waals surface area contributed by atoms with E-state index < -0.39 is 0 Å². The highest BCUT2D eigenvalue weighted by atomic mass is 79.9. The van der Waals surface area contributed by atoms with E-state index in [0.717, 1.165) is 5.56 Å². The van der Waals surface area contributed by atoms with Gasteiger partial charge in [0, 0.05) is 11.6 Å². The zero-order valence-corrected chi connectivity index (χ0v) is 13.1. The van der Waals surface area contributed by atoms with E-state index in [1.807, 2.05) is 0 Å². The summed E-state index contributed by atoms with van der Waals surface area (Å²) in [7, 11) is 1.48. The summed E-state index contributed by atoms with van der Waals surface area (Å²) in [5, 5.41) is 0. The SMILES string of the molecule is COc1ccc(C(Br)c2ccc(F)c(Br)c2)c(F)c1. The molecule has 0 bridgehead atoms. The molecule has 0 aliphatic heterocycles. The maximum absolute atomic E-state index is 14.0. The number of ether oxygens (including phenoxy) is 1. The van der Waals surface area contributed by atoms with E-state index in [0.29, 0.717) is 15.8 Å². The monoisotopic (exact) mass is 390 g/mol. The van der Waals surface area contributed by atoms with Crippen molar-refractivity contribution in [1.82, 2.24) is 0 Å². The van der Waals surface area contributed by atoms with Gasteiger partial charge in [-0.1, -0.05) is 28.1 Å². The smallest absolute Gasteiger partial charge is 0.137 e. The van der Waals surface area contributed by atoms with Gasteiger partial charge in [-0.05, 0) is 39.7 Å². The number of alkyl halides is 1. The Labute approximate surface area is 126 Å². The van der Waals surface area contributed by atoms with Gasteiger partial charge in [0.05, 0.1) is 16.4 Å². The van der Waals surface area contributed by atoms with Crippen LogP contribution in [0.25, 0.3) is 0 Å². The van der Waals surface area contributed by atoms with Crippen molar-refractivity contribution in [2.24, 2.45) is 0 Å². The fourth-order valence-electron chi connectivity index (χ4n) is 1.69. The number of halogens is 4. The van der Waals surface area contributed by atoms with Gasteiger partial charge >= 0.3 is 0 Å². The maximum atomic E-state index is 14.0. The highest BCUT2D eigenvalue weighted by molar-refractivity contribution is 9.10. The molecule has 0 N–H and O–H groups in total. The highest BCUT2D eigenvalue weighted by Crippen LogP contribution is 2.35. The summed E-state index contributed by atoms with van der Waals surface area (Å²) in [6.07, 6.45) is 0. The van der Waals surface area contributed by atoms with Crippen LogP contribution >= 0.6 is 31.9 Å². The molecular weight excluding hydrogens is 382 g/mol. The first kappa shape index (κ1) is 14.5. The standard InChI is InChI=1S/C14H10Br2F2O/c1-19-9-3-4-10(13(18)7-9)14(16)8-2-5-12(17)11(15)6-8/h2-7,14H,1H3. The summed E-state index contributed by atoms with van der Waals surface area (Å²) in [6.45, 7) is 0. The molecule has 100 valence electrons. The molecule has 1 nitrogen and oxygen atoms in total. The first-order valence-corrected chi connectivity index (χ1v) is 7.16. The van der Waals surface area contributed by atoms with Crippen molar-refractivity contribution in [3.63, 3.8) is 0 Å². The van der Waals surface area contributed by atoms with Gasteiger partial charge in [-0.3, -0.25) is 0 Å². The van der Waals surface area contributed by atoms with Crippen LogP contribution in [0.15, 0.2) is 40.9 Å². The minimum absolute atomic E-state index is 0.348. The molecule has 0 radical (unpaired) electrons. The zero-order valence-electron chi connectivity index (χ0n) is 9.96.